The van der Waals surface area contributed by atoms with Crippen LogP contribution in [0.3, 0.4) is 0 Å². The van der Waals surface area contributed by atoms with Gasteiger partial charge in [0.05, 0.1) is 11.3 Å². The van der Waals surface area contributed by atoms with Gasteiger partial charge in [-0.25, -0.2) is 4.39 Å². The highest BCUT2D eigenvalue weighted by molar-refractivity contribution is 5.47. The first-order valence-corrected chi connectivity index (χ1v) is 5.68. The molecule has 18 heavy (non-hydrogen) atoms. The molecular formula is C12H16F4N2. The van der Waals surface area contributed by atoms with Crippen LogP contribution in [0.15, 0.2) is 18.2 Å². The van der Waals surface area contributed by atoms with Crippen molar-refractivity contribution in [2.75, 3.05) is 11.9 Å². The molecular weight excluding hydrogens is 248 g/mol. The van der Waals surface area contributed by atoms with Crippen LogP contribution < -0.4 is 11.1 Å². The van der Waals surface area contributed by atoms with Crippen molar-refractivity contribution in [2.24, 2.45) is 5.73 Å². The average molecular weight is 264 g/mol. The Kier molecular flexibility index (Phi) is 4.95. The molecule has 3 N–H and O–H groups in total. The maximum Gasteiger partial charge on any atom is 0.416 e. The summed E-state index contributed by atoms with van der Waals surface area (Å²) in [5.74, 6) is -0.899. The molecule has 0 aliphatic carbocycles. The van der Waals surface area contributed by atoms with Crippen molar-refractivity contribution in [3.05, 3.63) is 29.6 Å². The van der Waals surface area contributed by atoms with Gasteiger partial charge < -0.3 is 11.1 Å². The maximum absolute atomic E-state index is 13.5. The fourth-order valence-corrected chi connectivity index (χ4v) is 1.57. The van der Waals surface area contributed by atoms with Gasteiger partial charge in [-0.05, 0) is 44.5 Å². The quantitative estimate of drug-likeness (QED) is 0.800. The molecule has 0 saturated carbocycles. The minimum absolute atomic E-state index is 0.0419. The fraction of sp³-hybridized carbons (Fsp3) is 0.500. The van der Waals surface area contributed by atoms with Crippen molar-refractivity contribution in [1.82, 2.24) is 0 Å². The summed E-state index contributed by atoms with van der Waals surface area (Å²) >= 11 is 0. The van der Waals surface area contributed by atoms with Gasteiger partial charge in [-0.15, -0.1) is 0 Å². The van der Waals surface area contributed by atoms with E-state index in [1.807, 2.05) is 6.92 Å². The predicted octanol–water partition coefficient (Wildman–Crippen LogP) is 3.38. The maximum atomic E-state index is 13.5. The highest BCUT2D eigenvalue weighted by Gasteiger charge is 2.31. The van der Waals surface area contributed by atoms with Crippen molar-refractivity contribution in [3.63, 3.8) is 0 Å². The van der Waals surface area contributed by atoms with E-state index < -0.39 is 17.6 Å². The van der Waals surface area contributed by atoms with Gasteiger partial charge in [-0.2, -0.15) is 13.2 Å². The highest BCUT2D eigenvalue weighted by Crippen LogP contribution is 2.31. The predicted molar refractivity (Wildman–Crippen MR) is 62.8 cm³/mol. The summed E-state index contributed by atoms with van der Waals surface area (Å²) in [5.41, 5.74) is 4.43. The van der Waals surface area contributed by atoms with E-state index in [9.17, 15) is 17.6 Å². The molecule has 0 radical (unpaired) electrons. The highest BCUT2D eigenvalue weighted by atomic mass is 19.4. The number of anilines is 1. The first kappa shape index (κ1) is 14.8. The third kappa shape index (κ3) is 4.18. The number of alkyl halides is 3. The lowest BCUT2D eigenvalue weighted by Crippen LogP contribution is -2.18. The summed E-state index contributed by atoms with van der Waals surface area (Å²) in [7, 11) is 0. The van der Waals surface area contributed by atoms with Gasteiger partial charge in [0.1, 0.15) is 5.82 Å². The van der Waals surface area contributed by atoms with Gasteiger partial charge in [0.15, 0.2) is 0 Å². The molecule has 1 aromatic rings. The summed E-state index contributed by atoms with van der Waals surface area (Å²) in [6.07, 6.45) is -3.02. The number of nitrogens with two attached hydrogens (primary N) is 1. The van der Waals surface area contributed by atoms with Gasteiger partial charge >= 0.3 is 6.18 Å². The first-order chi connectivity index (χ1) is 8.34. The summed E-state index contributed by atoms with van der Waals surface area (Å²) in [6, 6.07) is 2.43. The Labute approximate surface area is 103 Å². The molecule has 0 spiro atoms. The molecule has 0 aliphatic rings. The molecule has 0 saturated heterocycles. The van der Waals surface area contributed by atoms with Crippen LogP contribution >= 0.6 is 0 Å². The average Bonchev–Trinajstić information content (AvgIpc) is 2.27. The standard InChI is InChI=1S/C12H16F4N2/c1-8(3-2-6-17)18-11-5-4-9(7-10(11)13)12(14,15)16/h4-5,7-8,18H,2-3,6,17H2,1H3. The normalized spacial score (nSPS) is 13.4. The molecule has 1 rings (SSSR count). The van der Waals surface area contributed by atoms with Crippen molar-refractivity contribution < 1.29 is 17.6 Å². The lowest BCUT2D eigenvalue weighted by molar-refractivity contribution is -0.137. The third-order valence-electron chi connectivity index (χ3n) is 2.54. The Morgan fingerprint density at radius 2 is 2.00 bits per heavy atom. The molecule has 0 heterocycles. The molecule has 0 bridgehead atoms. The molecule has 1 atom stereocenters. The second-order valence-corrected chi connectivity index (χ2v) is 4.17. The summed E-state index contributed by atoms with van der Waals surface area (Å²) < 4.78 is 50.5. The third-order valence-corrected chi connectivity index (χ3v) is 2.54. The van der Waals surface area contributed by atoms with E-state index >= 15 is 0 Å². The zero-order chi connectivity index (χ0) is 13.8. The van der Waals surface area contributed by atoms with E-state index in [0.29, 0.717) is 12.6 Å². The number of hydrogen-bond acceptors (Lipinski definition) is 2. The van der Waals surface area contributed by atoms with E-state index in [1.54, 1.807) is 0 Å². The van der Waals surface area contributed by atoms with Crippen LogP contribution in [0.2, 0.25) is 0 Å². The molecule has 1 unspecified atom stereocenters. The van der Waals surface area contributed by atoms with Crippen molar-refractivity contribution in [2.45, 2.75) is 32.0 Å². The molecule has 0 fully saturated rings. The minimum atomic E-state index is -4.52. The van der Waals surface area contributed by atoms with Gasteiger partial charge in [0.25, 0.3) is 0 Å². The van der Waals surface area contributed by atoms with Crippen molar-refractivity contribution in [1.29, 1.82) is 0 Å². The van der Waals surface area contributed by atoms with Crippen LogP contribution in [0, 0.1) is 5.82 Å². The Morgan fingerprint density at radius 1 is 1.33 bits per heavy atom. The van der Waals surface area contributed by atoms with Crippen LogP contribution in [-0.4, -0.2) is 12.6 Å². The Morgan fingerprint density at radius 3 is 2.50 bits per heavy atom. The number of halogens is 4. The van der Waals surface area contributed by atoms with Crippen LogP contribution in [0.5, 0.6) is 0 Å². The second kappa shape index (κ2) is 6.04. The molecule has 0 aliphatic heterocycles. The fourth-order valence-electron chi connectivity index (χ4n) is 1.57. The number of benzene rings is 1. The number of hydrogen-bond donors (Lipinski definition) is 2. The minimum Gasteiger partial charge on any atom is -0.380 e. The van der Waals surface area contributed by atoms with Gasteiger partial charge in [-0.1, -0.05) is 0 Å². The van der Waals surface area contributed by atoms with Crippen LogP contribution in [-0.2, 0) is 6.18 Å². The SMILES string of the molecule is CC(CCCN)Nc1ccc(C(F)(F)F)cc1F. The number of rotatable bonds is 5. The topological polar surface area (TPSA) is 38.0 Å². The van der Waals surface area contributed by atoms with Gasteiger partial charge in [-0.3, -0.25) is 0 Å². The van der Waals surface area contributed by atoms with Crippen molar-refractivity contribution in [3.8, 4) is 0 Å². The molecule has 0 aromatic heterocycles. The molecule has 102 valence electrons. The van der Waals surface area contributed by atoms with Crippen LogP contribution in [0.1, 0.15) is 25.3 Å². The van der Waals surface area contributed by atoms with Gasteiger partial charge in [0, 0.05) is 6.04 Å². The Balaban J connectivity index is 2.74. The summed E-state index contributed by atoms with van der Waals surface area (Å²) in [6.45, 7) is 2.36. The number of nitrogens with one attached hydrogen (secondary N) is 1. The molecule has 1 aromatic carbocycles. The Hall–Kier alpha value is -1.30. The van der Waals surface area contributed by atoms with Crippen LogP contribution in [0.4, 0.5) is 23.2 Å². The van der Waals surface area contributed by atoms with Crippen molar-refractivity contribution >= 4 is 5.69 Å². The lowest BCUT2D eigenvalue weighted by atomic mass is 10.1. The lowest BCUT2D eigenvalue weighted by Gasteiger charge is -2.16. The zero-order valence-electron chi connectivity index (χ0n) is 10.0. The largest absolute Gasteiger partial charge is 0.416 e. The smallest absolute Gasteiger partial charge is 0.380 e. The van der Waals surface area contributed by atoms with Crippen LogP contribution in [0.25, 0.3) is 0 Å². The molecule has 2 nitrogen and oxygen atoms in total. The first-order valence-electron chi connectivity index (χ1n) is 5.68. The monoisotopic (exact) mass is 264 g/mol. The van der Waals surface area contributed by atoms with E-state index in [4.69, 9.17) is 5.73 Å². The van der Waals surface area contributed by atoms with E-state index in [2.05, 4.69) is 5.32 Å². The Bertz CT molecular complexity index is 390. The van der Waals surface area contributed by atoms with E-state index in [0.717, 1.165) is 25.0 Å². The zero-order valence-corrected chi connectivity index (χ0v) is 10.0. The summed E-state index contributed by atoms with van der Waals surface area (Å²) in [5, 5.41) is 2.83. The van der Waals surface area contributed by atoms with Gasteiger partial charge in [0.2, 0.25) is 0 Å². The second-order valence-electron chi connectivity index (χ2n) is 4.17. The van der Waals surface area contributed by atoms with E-state index in [-0.39, 0.29) is 11.7 Å². The molecule has 0 amide bonds. The van der Waals surface area contributed by atoms with E-state index in [1.165, 1.54) is 0 Å². The summed E-state index contributed by atoms with van der Waals surface area (Å²) in [4.78, 5) is 0. The molecule has 6 heteroatoms.